The predicted octanol–water partition coefficient (Wildman–Crippen LogP) is 2.86. The van der Waals surface area contributed by atoms with Crippen molar-refractivity contribution in [3.8, 4) is 0 Å². The third kappa shape index (κ3) is 3.41. The van der Waals surface area contributed by atoms with E-state index in [0.717, 1.165) is 24.3 Å². The van der Waals surface area contributed by atoms with Crippen LogP contribution in [0.4, 0.5) is 9.59 Å². The van der Waals surface area contributed by atoms with Crippen LogP contribution in [0, 0.1) is 0 Å². The molecule has 0 saturated carbocycles. The maximum absolute atomic E-state index is 12.6. The number of nitrogens with zero attached hydrogens (tertiary/aromatic N) is 5. The molecule has 3 amide bonds. The lowest BCUT2D eigenvalue weighted by atomic mass is 10.0. The summed E-state index contributed by atoms with van der Waals surface area (Å²) in [4.78, 5) is 28.0. The number of fused-ring (bicyclic) bond motifs is 2. The Labute approximate surface area is 163 Å². The molecule has 3 saturated heterocycles. The summed E-state index contributed by atoms with van der Waals surface area (Å²) in [6, 6.07) is -1.28. The molecule has 4 rings (SSSR count). The van der Waals surface area contributed by atoms with Crippen molar-refractivity contribution < 1.29 is 24.0 Å². The highest BCUT2D eigenvalue weighted by atomic mass is 16.6. The quantitative estimate of drug-likeness (QED) is 0.769. The number of piperidine rings is 2. The molecule has 3 aliphatic rings. The number of hydrogen-bond donors (Lipinski definition) is 1. The molecule has 0 aromatic carbocycles. The minimum atomic E-state index is -0.579. The van der Waals surface area contributed by atoms with Crippen LogP contribution in [0.5, 0.6) is 0 Å². The summed E-state index contributed by atoms with van der Waals surface area (Å²) < 4.78 is 11.5. The lowest BCUT2D eigenvalue weighted by Crippen LogP contribution is -2.42. The molecule has 4 heterocycles. The van der Waals surface area contributed by atoms with Crippen LogP contribution in [-0.2, 0) is 4.74 Å². The monoisotopic (exact) mass is 393 g/mol. The normalized spacial score (nSPS) is 28.1. The summed E-state index contributed by atoms with van der Waals surface area (Å²) in [5, 5.41) is 19.0. The molecule has 0 radical (unpaired) electrons. The number of hydroxylamine groups is 2. The van der Waals surface area contributed by atoms with Gasteiger partial charge in [-0.05, 0) is 52.9 Å². The molecular weight excluding hydrogens is 366 g/mol. The summed E-state index contributed by atoms with van der Waals surface area (Å²) in [7, 11) is 0. The lowest BCUT2D eigenvalue weighted by Gasteiger charge is -2.34. The van der Waals surface area contributed by atoms with Crippen LogP contribution in [0.2, 0.25) is 0 Å². The number of rotatable bonds is 2. The second-order valence-corrected chi connectivity index (χ2v) is 8.69. The Morgan fingerprint density at radius 2 is 1.86 bits per heavy atom. The molecule has 3 fully saturated rings. The second-order valence-electron chi connectivity index (χ2n) is 8.69. The molecule has 3 aliphatic heterocycles. The number of amides is 3. The number of aromatic nitrogens is 2. The van der Waals surface area contributed by atoms with Gasteiger partial charge in [-0.2, -0.15) is 0 Å². The summed E-state index contributed by atoms with van der Waals surface area (Å²) in [5.41, 5.74) is -0.579. The van der Waals surface area contributed by atoms with Crippen LogP contribution in [0.1, 0.15) is 76.7 Å². The van der Waals surface area contributed by atoms with Crippen LogP contribution in [0.15, 0.2) is 4.42 Å². The molecule has 1 aromatic heterocycles. The van der Waals surface area contributed by atoms with Gasteiger partial charge in [0.05, 0.1) is 6.04 Å². The van der Waals surface area contributed by atoms with E-state index in [1.165, 1.54) is 0 Å². The van der Waals surface area contributed by atoms with Crippen molar-refractivity contribution in [2.75, 3.05) is 13.1 Å². The van der Waals surface area contributed by atoms with E-state index in [1.807, 2.05) is 20.8 Å². The van der Waals surface area contributed by atoms with Crippen LogP contribution in [0.25, 0.3) is 0 Å². The minimum Gasteiger partial charge on any atom is -0.444 e. The van der Waals surface area contributed by atoms with Crippen LogP contribution in [0.3, 0.4) is 0 Å². The maximum Gasteiger partial charge on any atom is 0.410 e. The zero-order chi connectivity index (χ0) is 20.1. The highest BCUT2D eigenvalue weighted by Gasteiger charge is 2.47. The Morgan fingerprint density at radius 1 is 1.14 bits per heavy atom. The Morgan fingerprint density at radius 3 is 2.57 bits per heavy atom. The van der Waals surface area contributed by atoms with Gasteiger partial charge in [0, 0.05) is 13.1 Å². The lowest BCUT2D eigenvalue weighted by molar-refractivity contribution is -0.0584. The Kier molecular flexibility index (Phi) is 4.68. The average molecular weight is 393 g/mol. The van der Waals surface area contributed by atoms with Crippen molar-refractivity contribution in [2.45, 2.75) is 76.6 Å². The number of likely N-dealkylation sites (tertiary alicyclic amines) is 1. The van der Waals surface area contributed by atoms with Crippen molar-refractivity contribution in [3.63, 3.8) is 0 Å². The van der Waals surface area contributed by atoms with E-state index in [2.05, 4.69) is 10.2 Å². The molecule has 154 valence electrons. The summed E-state index contributed by atoms with van der Waals surface area (Å²) >= 11 is 0. The molecule has 10 heteroatoms. The first kappa shape index (κ1) is 19.0. The molecule has 3 atom stereocenters. The minimum absolute atomic E-state index is 0.174. The molecule has 10 nitrogen and oxygen atoms in total. The van der Waals surface area contributed by atoms with Crippen molar-refractivity contribution in [1.29, 1.82) is 0 Å². The number of hydrogen-bond acceptors (Lipinski definition) is 7. The van der Waals surface area contributed by atoms with Gasteiger partial charge in [-0.15, -0.1) is 10.2 Å². The van der Waals surface area contributed by atoms with Gasteiger partial charge >= 0.3 is 12.1 Å². The predicted molar refractivity (Wildman–Crippen MR) is 95.3 cm³/mol. The smallest absolute Gasteiger partial charge is 0.410 e. The Bertz CT molecular complexity index is 760. The van der Waals surface area contributed by atoms with E-state index >= 15 is 0 Å². The molecule has 0 aliphatic carbocycles. The number of urea groups is 1. The number of ether oxygens (including phenoxy) is 1. The zero-order valence-corrected chi connectivity index (χ0v) is 16.5. The molecule has 0 unspecified atom stereocenters. The van der Waals surface area contributed by atoms with E-state index in [9.17, 15) is 14.8 Å². The highest BCUT2D eigenvalue weighted by Crippen LogP contribution is 2.38. The number of carbonyl (C=O) groups is 2. The fourth-order valence-corrected chi connectivity index (χ4v) is 4.15. The average Bonchev–Trinajstić information content (AvgIpc) is 3.21. The van der Waals surface area contributed by atoms with E-state index in [0.29, 0.717) is 37.7 Å². The Balaban J connectivity index is 1.52. The molecule has 0 spiro atoms. The first-order valence-electron chi connectivity index (χ1n) is 9.86. The van der Waals surface area contributed by atoms with Gasteiger partial charge in [0.1, 0.15) is 17.7 Å². The van der Waals surface area contributed by atoms with E-state index in [4.69, 9.17) is 9.15 Å². The van der Waals surface area contributed by atoms with Crippen LogP contribution < -0.4 is 0 Å². The molecular formula is C18H27N5O5. The van der Waals surface area contributed by atoms with Crippen molar-refractivity contribution in [2.24, 2.45) is 0 Å². The van der Waals surface area contributed by atoms with E-state index in [-0.39, 0.29) is 24.2 Å². The standard InChI is InChI=1S/C18H27N5O5/c1-18(2,3)28-17(25)21-9-5-4-6-12(21)14-19-20-15(27-14)13-8-7-11-10-22(13)16(24)23(11)26/h11-13,26H,4-10H2,1-3H3/t11-,12-,13+/m1/s1. The van der Waals surface area contributed by atoms with Crippen molar-refractivity contribution >= 4 is 12.1 Å². The summed E-state index contributed by atoms with van der Waals surface area (Å²) in [6.45, 7) is 6.53. The summed E-state index contributed by atoms with van der Waals surface area (Å²) in [5.74, 6) is 0.724. The van der Waals surface area contributed by atoms with Gasteiger partial charge in [0.2, 0.25) is 11.8 Å². The Hall–Kier alpha value is -2.36. The highest BCUT2D eigenvalue weighted by molar-refractivity contribution is 5.76. The van der Waals surface area contributed by atoms with Gasteiger partial charge in [-0.3, -0.25) is 10.1 Å². The third-order valence-corrected chi connectivity index (χ3v) is 5.50. The van der Waals surface area contributed by atoms with E-state index < -0.39 is 11.6 Å². The fraction of sp³-hybridized carbons (Fsp3) is 0.778. The van der Waals surface area contributed by atoms with Gasteiger partial charge < -0.3 is 14.1 Å². The van der Waals surface area contributed by atoms with Crippen LogP contribution in [-0.4, -0.2) is 67.1 Å². The SMILES string of the molecule is CC(C)(C)OC(=O)N1CCCC[C@@H]1c1nnc([C@@H]2CC[C@@H]3CN2C(=O)N3O)o1. The zero-order valence-electron chi connectivity index (χ0n) is 16.5. The molecule has 28 heavy (non-hydrogen) atoms. The van der Waals surface area contributed by atoms with E-state index in [1.54, 1.807) is 9.80 Å². The van der Waals surface area contributed by atoms with Crippen molar-refractivity contribution in [1.82, 2.24) is 25.1 Å². The first-order chi connectivity index (χ1) is 13.2. The molecule has 2 bridgehead atoms. The van der Waals surface area contributed by atoms with Crippen molar-refractivity contribution in [3.05, 3.63) is 11.8 Å². The van der Waals surface area contributed by atoms with Gasteiger partial charge in [0.15, 0.2) is 0 Å². The third-order valence-electron chi connectivity index (χ3n) is 5.50. The van der Waals surface area contributed by atoms with Gasteiger partial charge in [0.25, 0.3) is 0 Å². The summed E-state index contributed by atoms with van der Waals surface area (Å²) in [6.07, 6.45) is 3.51. The second kappa shape index (κ2) is 6.91. The molecule has 1 N–H and O–H groups in total. The molecule has 1 aromatic rings. The topological polar surface area (TPSA) is 112 Å². The van der Waals surface area contributed by atoms with Gasteiger partial charge in [-0.25, -0.2) is 14.7 Å². The van der Waals surface area contributed by atoms with Crippen LogP contribution >= 0.6 is 0 Å². The van der Waals surface area contributed by atoms with Gasteiger partial charge in [-0.1, -0.05) is 0 Å². The largest absolute Gasteiger partial charge is 0.444 e. The number of carbonyl (C=O) groups excluding carboxylic acids is 2. The maximum atomic E-state index is 12.6. The fourth-order valence-electron chi connectivity index (χ4n) is 4.15. The first-order valence-corrected chi connectivity index (χ1v) is 9.86.